The molecule has 1 saturated carbocycles. The fraction of sp³-hybridized carbons (Fsp3) is 0.612. The Morgan fingerprint density at radius 3 is 0.896 bits per heavy atom. The average Bonchev–Trinajstić information content (AvgIpc) is 3.57. The summed E-state index contributed by atoms with van der Waals surface area (Å²) in [5.74, 6) is 3.12. The molecule has 0 bridgehead atoms. The van der Waals surface area contributed by atoms with Crippen LogP contribution in [0.25, 0.3) is 0 Å². The van der Waals surface area contributed by atoms with E-state index in [1.807, 2.05) is 62.4 Å². The van der Waals surface area contributed by atoms with Gasteiger partial charge in [-0.3, -0.25) is 33.6 Å². The first-order valence-corrected chi connectivity index (χ1v) is 20.7. The number of hydrogen-bond acceptors (Lipinski definition) is 14. The molecule has 26 nitrogen and oxygen atoms in total. The molecule has 464 valence electrons. The fourth-order valence-corrected chi connectivity index (χ4v) is 4.03. The second kappa shape index (κ2) is 104. The third kappa shape index (κ3) is 136. The van der Waals surface area contributed by atoms with E-state index in [-0.39, 0.29) is 142 Å². The summed E-state index contributed by atoms with van der Waals surface area (Å²) >= 11 is 0. The quantitative estimate of drug-likeness (QED) is 0.0714. The van der Waals surface area contributed by atoms with Crippen molar-refractivity contribution in [1.29, 1.82) is 0 Å². The molecule has 2 aromatic carbocycles. The molecule has 5 atom stereocenters. The maximum atomic E-state index is 9.70. The molecule has 1 fully saturated rings. The molecule has 0 spiro atoms. The minimum absolute atomic E-state index is 0. The fourth-order valence-electron chi connectivity index (χ4n) is 4.03. The number of nitrogens with one attached hydrogen (secondary N) is 4. The van der Waals surface area contributed by atoms with Crippen molar-refractivity contribution in [2.24, 2.45) is 33.9 Å². The van der Waals surface area contributed by atoms with Crippen LogP contribution in [0.1, 0.15) is 131 Å². The number of carbonyl (C=O) groups is 7. The van der Waals surface area contributed by atoms with Gasteiger partial charge in [0.2, 0.25) is 23.6 Å². The predicted octanol–water partition coefficient (Wildman–Crippen LogP) is 3.69. The number of carbonyl (C=O) groups excluding carboxylic acids is 6. The molecular formula is C49H112N6O20Y2. The molecule has 2 radical (unpaired) electrons. The number of aryl methyl sites for hydroxylation is 2. The van der Waals surface area contributed by atoms with Crippen LogP contribution in [0.2, 0.25) is 0 Å². The number of ether oxygens (including phenoxy) is 2. The van der Waals surface area contributed by atoms with Crippen LogP contribution < -0.4 is 21.3 Å². The summed E-state index contributed by atoms with van der Waals surface area (Å²) in [5.41, 5.74) is 4.22. The molecule has 1 aliphatic carbocycles. The van der Waals surface area contributed by atoms with Gasteiger partial charge >= 0.3 is 0 Å². The van der Waals surface area contributed by atoms with Crippen LogP contribution in [0.15, 0.2) is 58.8 Å². The minimum Gasteiger partial charge on any atom is -0.481 e. The van der Waals surface area contributed by atoms with Crippen molar-refractivity contribution in [2.45, 2.75) is 138 Å². The van der Waals surface area contributed by atoms with Gasteiger partial charge in [-0.15, -0.1) is 0 Å². The van der Waals surface area contributed by atoms with Gasteiger partial charge < -0.3 is 79.3 Å². The van der Waals surface area contributed by atoms with E-state index in [0.29, 0.717) is 12.9 Å². The Labute approximate surface area is 514 Å². The molecule has 1 aliphatic rings. The number of carboxylic acids is 1. The van der Waals surface area contributed by atoms with Crippen LogP contribution in [-0.2, 0) is 113 Å². The van der Waals surface area contributed by atoms with E-state index >= 15 is 0 Å². The van der Waals surface area contributed by atoms with E-state index in [9.17, 15) is 19.2 Å². The molecule has 4 amide bonds. The third-order valence-electron chi connectivity index (χ3n) is 7.62. The van der Waals surface area contributed by atoms with Crippen molar-refractivity contribution >= 4 is 53.9 Å². The second-order valence-electron chi connectivity index (χ2n) is 13.1. The Bertz CT molecular complexity index is 1370. The summed E-state index contributed by atoms with van der Waals surface area (Å²) in [6.07, 6.45) is 1.78. The van der Waals surface area contributed by atoms with Gasteiger partial charge in [-0.05, 0) is 75.1 Å². The molecule has 3 rings (SSSR count). The maximum Gasteiger partial charge on any atom is 0.300 e. The summed E-state index contributed by atoms with van der Waals surface area (Å²) in [6.45, 7) is 26.7. The smallest absolute Gasteiger partial charge is 0.300 e. The number of azo groups is 1. The van der Waals surface area contributed by atoms with Crippen molar-refractivity contribution in [3.8, 4) is 0 Å². The number of carboxylic acid groups (broad SMARTS) is 1. The molecular weight excluding hydrogens is 1170 g/mol. The van der Waals surface area contributed by atoms with Crippen LogP contribution in [-0.4, -0.2) is 145 Å². The number of aliphatic carboxylic acids is 1. The largest absolute Gasteiger partial charge is 0.481 e. The van der Waals surface area contributed by atoms with Gasteiger partial charge in [-0.2, -0.15) is 10.2 Å². The Morgan fingerprint density at radius 2 is 0.805 bits per heavy atom. The molecule has 21 N–H and O–H groups in total. The molecule has 0 aromatic heterocycles. The first-order chi connectivity index (χ1) is 31.3. The Hall–Kier alpha value is -3.86. The van der Waals surface area contributed by atoms with Crippen LogP contribution in [0, 0.1) is 37.5 Å². The van der Waals surface area contributed by atoms with Crippen LogP contribution in [0.4, 0.5) is 11.4 Å². The first-order valence-electron chi connectivity index (χ1n) is 21.7. The maximum absolute atomic E-state index is 9.70. The zero-order chi connectivity index (χ0) is 54.9. The number of hydrogen-bond donors (Lipinski definition) is 7. The summed E-state index contributed by atoms with van der Waals surface area (Å²) in [7, 11) is 10.3. The van der Waals surface area contributed by atoms with Gasteiger partial charge in [0.1, 0.15) is 0 Å². The minimum atomic E-state index is -1.06. The second-order valence-corrected chi connectivity index (χ2v) is 13.1. The van der Waals surface area contributed by atoms with E-state index in [1.54, 1.807) is 28.2 Å². The zero-order valence-electron chi connectivity index (χ0n) is 49.5. The monoisotopic (exact) mass is 1280 g/mol. The van der Waals surface area contributed by atoms with Gasteiger partial charge in [-0.1, -0.05) is 106 Å². The summed E-state index contributed by atoms with van der Waals surface area (Å²) in [6, 6.07) is 16.0. The summed E-state index contributed by atoms with van der Waals surface area (Å²) in [5, 5.41) is 40.6. The Kier molecular flexibility index (Phi) is 176. The van der Waals surface area contributed by atoms with Crippen molar-refractivity contribution in [3.63, 3.8) is 0 Å². The van der Waals surface area contributed by atoms with Crippen LogP contribution in [0.5, 0.6) is 0 Å². The average molecular weight is 1280 g/mol. The van der Waals surface area contributed by atoms with Crippen LogP contribution in [0.3, 0.4) is 0 Å². The Balaban J connectivity index is -0.0000000272. The molecule has 0 saturated heterocycles. The molecule has 77 heavy (non-hydrogen) atoms. The van der Waals surface area contributed by atoms with Crippen molar-refractivity contribution in [2.75, 3.05) is 42.4 Å². The zero-order valence-corrected chi connectivity index (χ0v) is 54.2. The number of rotatable bonds is 6. The number of aliphatic hydroxyl groups excluding tert-OH is 1. The molecule has 0 heterocycles. The molecule has 28 heteroatoms. The summed E-state index contributed by atoms with van der Waals surface area (Å²) < 4.78 is 13.5. The number of methoxy groups -OCH3 is 2. The van der Waals surface area contributed by atoms with Gasteiger partial charge in [0.25, 0.3) is 18.9 Å². The predicted molar refractivity (Wildman–Crippen MR) is 303 cm³/mol. The van der Waals surface area contributed by atoms with Gasteiger partial charge in [-0.25, -0.2) is 10.1 Å². The number of nitrogens with zero attached hydrogens (tertiary/aromatic N) is 2. The van der Waals surface area contributed by atoms with E-state index in [0.717, 1.165) is 42.0 Å². The number of aliphatic hydroxyl groups is 1. The van der Waals surface area contributed by atoms with Crippen LogP contribution >= 0.6 is 0 Å². The van der Waals surface area contributed by atoms with Gasteiger partial charge in [0.15, 0.2) is 6.29 Å². The molecule has 2 aromatic rings. The summed E-state index contributed by atoms with van der Waals surface area (Å²) in [4.78, 5) is 69.0. The van der Waals surface area contributed by atoms with Gasteiger partial charge in [0, 0.05) is 130 Å². The SMILES string of the molecule is C.C.CC.CC(=O)O.CC(O)OO.CCC1C(C)CC(C)C1C.CNC(C)=O.CNC(C)=O.CNC(C)=O.CNC(C)=O.COC=O.COC=O.Cc1ccc(N=Nc2ccc(C)cc2)cc1.O.O.O.O.O.O.O.[2H]C.[Y].[Y]. The third-order valence-corrected chi connectivity index (χ3v) is 7.62. The van der Waals surface area contributed by atoms with E-state index in [2.05, 4.69) is 87.4 Å². The molecule has 5 unspecified atom stereocenters. The number of benzene rings is 2. The normalized spacial score (nSPS) is 12.3. The van der Waals surface area contributed by atoms with E-state index < -0.39 is 12.3 Å². The van der Waals surface area contributed by atoms with E-state index in [4.69, 9.17) is 31.2 Å². The van der Waals surface area contributed by atoms with Crippen molar-refractivity contribution in [3.05, 3.63) is 59.7 Å². The first kappa shape index (κ1) is 130. The topological polar surface area (TPSA) is 501 Å². The Morgan fingerprint density at radius 1 is 0.623 bits per heavy atom. The van der Waals surface area contributed by atoms with E-state index in [1.165, 1.54) is 80.2 Å². The van der Waals surface area contributed by atoms with Crippen molar-refractivity contribution < 1.29 is 169 Å². The van der Waals surface area contributed by atoms with Crippen molar-refractivity contribution in [1.82, 2.24) is 21.3 Å². The standard InChI is InChI=1S/C14H14N2.C10H20.4C3H7NO.C2H6O3.3C2H4O2.C2H6.3CH4.7H2O.2Y/c1-11-3-7-13(8-4-11)15-16-14-9-5-12(2)6-10-14;1-5-10-8(3)6-7(2)9(10)4;4*1-3(5)4-2;1-2(3)5-4;2*1-4-2-3;1-2(3)4;1-2;;;;;;;;;;;;/h3-10H,1-2H3;7-10H,5-6H2,1-4H3;4*1-2H3,(H,4,5);2-4H,1H3;2*2H,1H3;1H3,(H,3,4);1-2H3;3*1H4;7*1H2;;/i;;;;;;;;;;;1D;;;;;;;;;;;. The number of amides is 4. The molecule has 0 aliphatic heterocycles. The van der Waals surface area contributed by atoms with Gasteiger partial charge in [0.05, 0.1) is 25.6 Å².